The van der Waals surface area contributed by atoms with Gasteiger partial charge in [-0.1, -0.05) is 6.07 Å². The normalized spacial score (nSPS) is 19.4. The maximum absolute atomic E-state index is 12.2. The predicted molar refractivity (Wildman–Crippen MR) is 93.1 cm³/mol. The van der Waals surface area contributed by atoms with Crippen LogP contribution in [-0.2, 0) is 14.3 Å². The molecule has 2 unspecified atom stereocenters. The molecule has 3 heterocycles. The van der Waals surface area contributed by atoms with Gasteiger partial charge in [0.15, 0.2) is 5.13 Å². The van der Waals surface area contributed by atoms with Crippen molar-refractivity contribution in [2.24, 2.45) is 0 Å². The smallest absolute Gasteiger partial charge is 0.254 e. The zero-order valence-corrected chi connectivity index (χ0v) is 14.6. The summed E-state index contributed by atoms with van der Waals surface area (Å²) in [4.78, 5) is 17.7. The molecule has 23 heavy (non-hydrogen) atoms. The third-order valence-corrected chi connectivity index (χ3v) is 5.33. The molecule has 1 fully saturated rings. The van der Waals surface area contributed by atoms with Gasteiger partial charge in [0.25, 0.3) is 5.91 Å². The summed E-state index contributed by atoms with van der Waals surface area (Å²) in [7, 11) is 0. The van der Waals surface area contributed by atoms with E-state index in [2.05, 4.69) is 10.3 Å². The second kappa shape index (κ2) is 8.01. The summed E-state index contributed by atoms with van der Waals surface area (Å²) in [6.07, 6.45) is 2.88. The molecule has 2 aromatic heterocycles. The third-order valence-electron chi connectivity index (χ3n) is 3.68. The first-order valence-electron chi connectivity index (χ1n) is 7.76. The number of nitrogens with zero attached hydrogens (tertiary/aromatic N) is 1. The molecule has 0 aliphatic carbocycles. The summed E-state index contributed by atoms with van der Waals surface area (Å²) in [6.45, 7) is 3.01. The number of thiazole rings is 1. The molecule has 0 spiro atoms. The Morgan fingerprint density at radius 1 is 1.52 bits per heavy atom. The van der Waals surface area contributed by atoms with Crippen molar-refractivity contribution in [2.75, 3.05) is 18.5 Å². The van der Waals surface area contributed by atoms with Gasteiger partial charge >= 0.3 is 0 Å². The number of hydrogen-bond donors (Lipinski definition) is 1. The van der Waals surface area contributed by atoms with Gasteiger partial charge in [-0.25, -0.2) is 4.98 Å². The van der Waals surface area contributed by atoms with E-state index < -0.39 is 6.10 Å². The molecule has 1 N–H and O–H groups in total. The molecule has 124 valence electrons. The van der Waals surface area contributed by atoms with Gasteiger partial charge in [-0.05, 0) is 37.6 Å². The first-order valence-corrected chi connectivity index (χ1v) is 9.52. The highest BCUT2D eigenvalue weighted by atomic mass is 32.1. The SMILES string of the molecule is CC(OCC1CCCCO1)C(=O)Nc1nc(-c2cccs2)cs1. The van der Waals surface area contributed by atoms with E-state index in [4.69, 9.17) is 9.47 Å². The lowest BCUT2D eigenvalue weighted by Gasteiger charge is -2.23. The van der Waals surface area contributed by atoms with Crippen LogP contribution in [-0.4, -0.2) is 36.3 Å². The number of carbonyl (C=O) groups is 1. The molecule has 1 aliphatic rings. The van der Waals surface area contributed by atoms with E-state index in [0.717, 1.165) is 30.0 Å². The van der Waals surface area contributed by atoms with E-state index in [1.54, 1.807) is 18.3 Å². The quantitative estimate of drug-likeness (QED) is 0.859. The van der Waals surface area contributed by atoms with Crippen molar-refractivity contribution in [3.8, 4) is 10.6 Å². The van der Waals surface area contributed by atoms with Crippen molar-refractivity contribution in [1.29, 1.82) is 0 Å². The van der Waals surface area contributed by atoms with Crippen molar-refractivity contribution < 1.29 is 14.3 Å². The van der Waals surface area contributed by atoms with E-state index in [1.165, 1.54) is 17.8 Å². The summed E-state index contributed by atoms with van der Waals surface area (Å²) in [5.74, 6) is -0.173. The zero-order chi connectivity index (χ0) is 16.1. The van der Waals surface area contributed by atoms with Gasteiger partial charge in [0.05, 0.1) is 23.3 Å². The molecule has 7 heteroatoms. The van der Waals surface area contributed by atoms with Gasteiger partial charge in [0, 0.05) is 12.0 Å². The van der Waals surface area contributed by atoms with Gasteiger partial charge in [-0.3, -0.25) is 10.1 Å². The Labute approximate surface area is 143 Å². The summed E-state index contributed by atoms with van der Waals surface area (Å²) >= 11 is 3.05. The summed E-state index contributed by atoms with van der Waals surface area (Å²) in [6, 6.07) is 4.00. The van der Waals surface area contributed by atoms with Crippen molar-refractivity contribution in [3.63, 3.8) is 0 Å². The molecule has 3 rings (SSSR count). The van der Waals surface area contributed by atoms with Crippen LogP contribution in [0.1, 0.15) is 26.2 Å². The Morgan fingerprint density at radius 3 is 3.17 bits per heavy atom. The number of anilines is 1. The van der Waals surface area contributed by atoms with Crippen LogP contribution >= 0.6 is 22.7 Å². The molecule has 0 bridgehead atoms. The lowest BCUT2D eigenvalue weighted by molar-refractivity contribution is -0.130. The van der Waals surface area contributed by atoms with Crippen molar-refractivity contribution >= 4 is 33.7 Å². The minimum atomic E-state index is -0.519. The summed E-state index contributed by atoms with van der Waals surface area (Å²) < 4.78 is 11.2. The van der Waals surface area contributed by atoms with Gasteiger partial charge in [0.2, 0.25) is 0 Å². The molecular formula is C16H20N2O3S2. The number of hydrogen-bond acceptors (Lipinski definition) is 6. The number of amides is 1. The van der Waals surface area contributed by atoms with Gasteiger partial charge in [-0.15, -0.1) is 22.7 Å². The monoisotopic (exact) mass is 352 g/mol. The number of ether oxygens (including phenoxy) is 2. The van der Waals surface area contributed by atoms with E-state index >= 15 is 0 Å². The minimum absolute atomic E-state index is 0.115. The Kier molecular flexibility index (Phi) is 5.77. The fraction of sp³-hybridized carbons (Fsp3) is 0.500. The second-order valence-electron chi connectivity index (χ2n) is 5.47. The number of aromatic nitrogens is 1. The Bertz CT molecular complexity index is 621. The summed E-state index contributed by atoms with van der Waals surface area (Å²) in [5, 5.41) is 7.38. The van der Waals surface area contributed by atoms with Crippen molar-refractivity contribution in [1.82, 2.24) is 4.98 Å². The van der Waals surface area contributed by atoms with Crippen LogP contribution in [0.5, 0.6) is 0 Å². The van der Waals surface area contributed by atoms with Crippen LogP contribution in [0.2, 0.25) is 0 Å². The molecule has 1 saturated heterocycles. The van der Waals surface area contributed by atoms with Crippen molar-refractivity contribution in [2.45, 2.75) is 38.4 Å². The number of nitrogens with one attached hydrogen (secondary N) is 1. The minimum Gasteiger partial charge on any atom is -0.376 e. The molecule has 2 atom stereocenters. The van der Waals surface area contributed by atoms with E-state index in [9.17, 15) is 4.79 Å². The average Bonchev–Trinajstić information content (AvgIpc) is 3.24. The zero-order valence-electron chi connectivity index (χ0n) is 13.0. The Hall–Kier alpha value is -1.28. The Balaban J connectivity index is 1.48. The topological polar surface area (TPSA) is 60.5 Å². The van der Waals surface area contributed by atoms with Gasteiger partial charge in [-0.2, -0.15) is 0 Å². The van der Waals surface area contributed by atoms with Crippen molar-refractivity contribution in [3.05, 3.63) is 22.9 Å². The number of carbonyl (C=O) groups excluding carboxylic acids is 1. The molecule has 1 aliphatic heterocycles. The van der Waals surface area contributed by atoms with Crippen LogP contribution in [0, 0.1) is 0 Å². The first kappa shape index (κ1) is 16.6. The Morgan fingerprint density at radius 2 is 2.43 bits per heavy atom. The van der Waals surface area contributed by atoms with E-state index in [0.29, 0.717) is 11.7 Å². The molecule has 5 nitrogen and oxygen atoms in total. The first-order chi connectivity index (χ1) is 11.2. The maximum atomic E-state index is 12.2. The highest BCUT2D eigenvalue weighted by Gasteiger charge is 2.19. The van der Waals surface area contributed by atoms with Crippen LogP contribution in [0.4, 0.5) is 5.13 Å². The fourth-order valence-electron chi connectivity index (χ4n) is 2.34. The predicted octanol–water partition coefficient (Wildman–Crippen LogP) is 3.78. The van der Waals surface area contributed by atoms with Crippen LogP contribution in [0.3, 0.4) is 0 Å². The molecule has 0 aromatic carbocycles. The van der Waals surface area contributed by atoms with Gasteiger partial charge < -0.3 is 9.47 Å². The highest BCUT2D eigenvalue weighted by Crippen LogP contribution is 2.28. The molecular weight excluding hydrogens is 332 g/mol. The lowest BCUT2D eigenvalue weighted by Crippen LogP contribution is -2.32. The molecule has 1 amide bonds. The van der Waals surface area contributed by atoms with Crippen LogP contribution < -0.4 is 5.32 Å². The molecule has 2 aromatic rings. The van der Waals surface area contributed by atoms with E-state index in [1.807, 2.05) is 22.9 Å². The second-order valence-corrected chi connectivity index (χ2v) is 7.27. The number of rotatable bonds is 6. The summed E-state index contributed by atoms with van der Waals surface area (Å²) in [5.41, 5.74) is 0.893. The molecule has 0 radical (unpaired) electrons. The fourth-order valence-corrected chi connectivity index (χ4v) is 3.82. The van der Waals surface area contributed by atoms with Crippen LogP contribution in [0.15, 0.2) is 22.9 Å². The van der Waals surface area contributed by atoms with Gasteiger partial charge in [0.1, 0.15) is 6.10 Å². The van der Waals surface area contributed by atoms with E-state index in [-0.39, 0.29) is 12.0 Å². The lowest BCUT2D eigenvalue weighted by atomic mass is 10.1. The number of thiophene rings is 1. The van der Waals surface area contributed by atoms with Crippen LogP contribution in [0.25, 0.3) is 10.6 Å². The largest absolute Gasteiger partial charge is 0.376 e. The highest BCUT2D eigenvalue weighted by molar-refractivity contribution is 7.16. The molecule has 0 saturated carbocycles. The standard InChI is InChI=1S/C16H20N2O3S2/c1-11(21-9-12-5-2-3-7-20-12)15(19)18-16-17-13(10-23-16)14-6-4-8-22-14/h4,6,8,10-12H,2-3,5,7,9H2,1H3,(H,17,18,19). The maximum Gasteiger partial charge on any atom is 0.254 e. The average molecular weight is 352 g/mol. The third kappa shape index (κ3) is 4.60.